The number of alkyl carbamates (subject to hydrolysis) is 1. The van der Waals surface area contributed by atoms with E-state index in [-0.39, 0.29) is 5.91 Å². The Morgan fingerprint density at radius 1 is 1.15 bits per heavy atom. The zero-order valence-electron chi connectivity index (χ0n) is 23.2. The number of aromatic nitrogens is 1. The molecule has 212 valence electrons. The maximum absolute atomic E-state index is 13.1. The van der Waals surface area contributed by atoms with Crippen molar-refractivity contribution in [1.82, 2.24) is 20.5 Å². The highest BCUT2D eigenvalue weighted by atomic mass is 35.5. The summed E-state index contributed by atoms with van der Waals surface area (Å²) in [7, 11) is 3.26. The molecule has 40 heavy (non-hydrogen) atoms. The smallest absolute Gasteiger partial charge is 0.406 e. The Balaban J connectivity index is 1.50. The Hall–Kier alpha value is -3.20. The van der Waals surface area contributed by atoms with Crippen molar-refractivity contribution in [3.8, 4) is 11.1 Å². The molecule has 0 radical (unpaired) electrons. The molecule has 2 aromatic carbocycles. The summed E-state index contributed by atoms with van der Waals surface area (Å²) in [5.41, 5.74) is 2.58. The summed E-state index contributed by atoms with van der Waals surface area (Å²) in [6.07, 6.45) is 5.78. The van der Waals surface area contributed by atoms with Crippen molar-refractivity contribution in [3.05, 3.63) is 65.3 Å². The molecule has 2 aliphatic rings. The van der Waals surface area contributed by atoms with Gasteiger partial charge in [-0.1, -0.05) is 41.9 Å². The minimum atomic E-state index is -0.652. The molecule has 1 spiro atoms. The van der Waals surface area contributed by atoms with E-state index in [2.05, 4.69) is 22.8 Å². The van der Waals surface area contributed by atoms with E-state index in [1.807, 2.05) is 54.5 Å². The fourth-order valence-electron chi connectivity index (χ4n) is 6.21. The van der Waals surface area contributed by atoms with Crippen LogP contribution in [0.15, 0.2) is 54.7 Å². The minimum Gasteiger partial charge on any atom is -0.453 e. The number of carbonyl (C=O) groups excluding carboxylic acids is 2. The summed E-state index contributed by atoms with van der Waals surface area (Å²) in [5.74, 6) is 0.163. The molecule has 1 aromatic heterocycles. The van der Waals surface area contributed by atoms with Crippen molar-refractivity contribution in [3.63, 3.8) is 0 Å². The van der Waals surface area contributed by atoms with Crippen LogP contribution in [-0.2, 0) is 19.9 Å². The van der Waals surface area contributed by atoms with E-state index in [0.29, 0.717) is 37.4 Å². The molecule has 0 bridgehead atoms. The van der Waals surface area contributed by atoms with Gasteiger partial charge in [0.1, 0.15) is 11.2 Å². The third-order valence-corrected chi connectivity index (χ3v) is 8.49. The van der Waals surface area contributed by atoms with Crippen molar-refractivity contribution in [2.75, 3.05) is 40.3 Å². The van der Waals surface area contributed by atoms with Gasteiger partial charge in [0.2, 0.25) is 5.91 Å². The highest BCUT2D eigenvalue weighted by Gasteiger charge is 2.71. The number of para-hydroxylation sites is 1. The molecule has 8 nitrogen and oxygen atoms in total. The molecule has 9 heteroatoms. The zero-order chi connectivity index (χ0) is 28.2. The van der Waals surface area contributed by atoms with Gasteiger partial charge in [0, 0.05) is 47.2 Å². The number of carbonyl (C=O) groups is 2. The fraction of sp³-hybridized carbons (Fsp3) is 0.452. The lowest BCUT2D eigenvalue weighted by Crippen LogP contribution is -2.47. The van der Waals surface area contributed by atoms with E-state index in [9.17, 15) is 9.59 Å². The summed E-state index contributed by atoms with van der Waals surface area (Å²) >= 11 is 6.92. The quantitative estimate of drug-likeness (QED) is 0.257. The molecule has 2 saturated heterocycles. The van der Waals surface area contributed by atoms with Gasteiger partial charge in [-0.2, -0.15) is 0 Å². The topological polar surface area (TPSA) is 96.1 Å². The van der Waals surface area contributed by atoms with Crippen LogP contribution in [0, 0.1) is 0 Å². The highest BCUT2D eigenvalue weighted by molar-refractivity contribution is 6.33. The van der Waals surface area contributed by atoms with Crippen LogP contribution in [0.2, 0.25) is 5.02 Å². The first-order chi connectivity index (χ1) is 19.4. The first kappa shape index (κ1) is 28.3. The first-order valence-electron chi connectivity index (χ1n) is 14.0. The number of amides is 2. The lowest BCUT2D eigenvalue weighted by Gasteiger charge is -2.34. The van der Waals surface area contributed by atoms with Gasteiger partial charge in [-0.25, -0.2) is 4.79 Å². The Morgan fingerprint density at radius 2 is 2.00 bits per heavy atom. The number of hydrogen-bond acceptors (Lipinski definition) is 6. The van der Waals surface area contributed by atoms with Crippen LogP contribution in [0.3, 0.4) is 0 Å². The van der Waals surface area contributed by atoms with Crippen molar-refractivity contribution in [1.29, 1.82) is 0 Å². The van der Waals surface area contributed by atoms with Crippen LogP contribution < -0.4 is 10.6 Å². The number of piperidine rings is 1. The number of pyridine rings is 1. The lowest BCUT2D eigenvalue weighted by molar-refractivity contribution is -0.133. The minimum absolute atomic E-state index is 0.163. The molecule has 0 aliphatic carbocycles. The molecule has 2 atom stereocenters. The van der Waals surface area contributed by atoms with E-state index in [1.165, 1.54) is 7.11 Å². The molecule has 2 fully saturated rings. The van der Waals surface area contributed by atoms with Crippen LogP contribution in [0.25, 0.3) is 22.0 Å². The highest BCUT2D eigenvalue weighted by Crippen LogP contribution is 2.64. The number of nitrogens with one attached hydrogen (secondary N) is 2. The van der Waals surface area contributed by atoms with Crippen molar-refractivity contribution in [2.24, 2.45) is 0 Å². The van der Waals surface area contributed by atoms with Crippen molar-refractivity contribution < 1.29 is 19.1 Å². The third-order valence-electron chi connectivity index (χ3n) is 8.18. The van der Waals surface area contributed by atoms with Gasteiger partial charge < -0.3 is 25.0 Å². The number of likely N-dealkylation sites (tertiary alicyclic amines) is 1. The maximum atomic E-state index is 13.1. The molecule has 2 amide bonds. The van der Waals surface area contributed by atoms with Gasteiger partial charge in [0.15, 0.2) is 0 Å². The van der Waals surface area contributed by atoms with Crippen molar-refractivity contribution in [2.45, 2.75) is 49.7 Å². The average Bonchev–Trinajstić information content (AvgIpc) is 3.60. The van der Waals surface area contributed by atoms with Gasteiger partial charge in [0.05, 0.1) is 19.2 Å². The molecule has 2 aliphatic heterocycles. The Morgan fingerprint density at radius 3 is 2.83 bits per heavy atom. The summed E-state index contributed by atoms with van der Waals surface area (Å²) in [6, 6.07) is 16.1. The molecule has 0 unspecified atom stereocenters. The number of epoxide rings is 1. The SMILES string of the molecule is CNCCCC(=O)N1CCC[C@]2(C1)O[C@]2(CCCNC(=O)OC)c1cccc(Cl)c1-c1cnc2ccccc2c1. The second kappa shape index (κ2) is 12.1. The predicted molar refractivity (Wildman–Crippen MR) is 156 cm³/mol. The Labute approximate surface area is 240 Å². The second-order valence-electron chi connectivity index (χ2n) is 10.7. The molecular weight excluding hydrogens is 528 g/mol. The van der Waals surface area contributed by atoms with Gasteiger partial charge in [-0.05, 0) is 69.5 Å². The van der Waals surface area contributed by atoms with Crippen LogP contribution in [0.4, 0.5) is 4.79 Å². The third kappa shape index (κ3) is 5.53. The molecule has 5 rings (SSSR count). The second-order valence-corrected chi connectivity index (χ2v) is 11.1. The zero-order valence-corrected chi connectivity index (χ0v) is 23.9. The van der Waals surface area contributed by atoms with Gasteiger partial charge in [0.25, 0.3) is 0 Å². The average molecular weight is 565 g/mol. The van der Waals surface area contributed by atoms with Gasteiger partial charge in [-0.3, -0.25) is 9.78 Å². The van der Waals surface area contributed by atoms with E-state index >= 15 is 0 Å². The molecule has 2 N–H and O–H groups in total. The Bertz CT molecular complexity index is 1380. The lowest BCUT2D eigenvalue weighted by atomic mass is 9.76. The molecule has 0 saturated carbocycles. The Kier molecular flexibility index (Phi) is 8.59. The first-order valence-corrected chi connectivity index (χ1v) is 14.4. The fourth-order valence-corrected chi connectivity index (χ4v) is 6.49. The van der Waals surface area contributed by atoms with Crippen molar-refractivity contribution >= 4 is 34.5 Å². The van der Waals surface area contributed by atoms with E-state index in [4.69, 9.17) is 26.1 Å². The maximum Gasteiger partial charge on any atom is 0.406 e. The number of methoxy groups -OCH3 is 1. The number of benzene rings is 2. The normalized spacial score (nSPS) is 21.9. The van der Waals surface area contributed by atoms with E-state index in [0.717, 1.165) is 59.9 Å². The standard InChI is InChI=1S/C31H37ClN4O4/c1-33-16-6-13-27(37)36-18-8-14-30(21-36)31(40-30,15-7-17-34-29(38)39-2)24-10-5-11-25(32)28(24)23-19-22-9-3-4-12-26(22)35-20-23/h3-5,9-12,19-20,33H,6-8,13-18,21H2,1-2H3,(H,34,38)/t30-,31-/m1/s1. The van der Waals surface area contributed by atoms with Gasteiger partial charge in [-0.15, -0.1) is 0 Å². The van der Waals surface area contributed by atoms with Gasteiger partial charge >= 0.3 is 6.09 Å². The molecule has 3 aromatic rings. The number of halogens is 1. The van der Waals surface area contributed by atoms with Crippen LogP contribution >= 0.6 is 11.6 Å². The largest absolute Gasteiger partial charge is 0.453 e. The van der Waals surface area contributed by atoms with Crippen LogP contribution in [-0.4, -0.2) is 67.8 Å². The van der Waals surface area contributed by atoms with E-state index < -0.39 is 17.3 Å². The summed E-state index contributed by atoms with van der Waals surface area (Å²) < 4.78 is 11.6. The number of hydrogen-bond donors (Lipinski definition) is 2. The number of rotatable bonds is 10. The van der Waals surface area contributed by atoms with Crippen LogP contribution in [0.1, 0.15) is 44.1 Å². The summed E-state index contributed by atoms with van der Waals surface area (Å²) in [4.78, 5) is 31.5. The number of fused-ring (bicyclic) bond motifs is 1. The number of ether oxygens (including phenoxy) is 2. The number of nitrogens with zero attached hydrogens (tertiary/aromatic N) is 2. The van der Waals surface area contributed by atoms with Crippen LogP contribution in [0.5, 0.6) is 0 Å². The molecule has 3 heterocycles. The predicted octanol–water partition coefficient (Wildman–Crippen LogP) is 5.28. The monoisotopic (exact) mass is 564 g/mol. The van der Waals surface area contributed by atoms with E-state index in [1.54, 1.807) is 0 Å². The summed E-state index contributed by atoms with van der Waals surface area (Å²) in [5, 5.41) is 7.56. The summed E-state index contributed by atoms with van der Waals surface area (Å²) in [6.45, 7) is 2.54. The molecular formula is C31H37ClN4O4.